The maximum atomic E-state index is 12.8. The van der Waals surface area contributed by atoms with Crippen LogP contribution in [-0.2, 0) is 11.6 Å². The molecule has 3 heterocycles. The van der Waals surface area contributed by atoms with Crippen molar-refractivity contribution in [2.45, 2.75) is 36.4 Å². The van der Waals surface area contributed by atoms with Crippen LogP contribution in [0.5, 0.6) is 0 Å². The van der Waals surface area contributed by atoms with Gasteiger partial charge in [-0.2, -0.15) is 13.2 Å². The second kappa shape index (κ2) is 5.44. The molecular weight excluding hydrogens is 397 g/mol. The largest absolute Gasteiger partial charge is 0.433 e. The Morgan fingerprint density at radius 3 is 2.68 bits per heavy atom. The van der Waals surface area contributed by atoms with E-state index in [4.69, 9.17) is 16.0 Å². The molecule has 2 bridgehead atoms. The fourth-order valence-corrected chi connectivity index (χ4v) is 4.36. The van der Waals surface area contributed by atoms with Crippen LogP contribution >= 0.6 is 11.6 Å². The highest BCUT2D eigenvalue weighted by atomic mass is 35.5. The number of alkyl halides is 3. The lowest BCUT2D eigenvalue weighted by Crippen LogP contribution is -2.76. The van der Waals surface area contributed by atoms with E-state index >= 15 is 0 Å². The van der Waals surface area contributed by atoms with E-state index in [0.29, 0.717) is 41.4 Å². The second-order valence-electron chi connectivity index (χ2n) is 7.47. The topological polar surface area (TPSA) is 80.9 Å². The molecule has 3 aromatic heterocycles. The quantitative estimate of drug-likeness (QED) is 0.711. The van der Waals surface area contributed by atoms with Gasteiger partial charge >= 0.3 is 6.18 Å². The molecule has 0 radical (unpaired) electrons. The molecule has 6 rings (SSSR count). The summed E-state index contributed by atoms with van der Waals surface area (Å²) in [5.41, 5.74) is -0.894. The van der Waals surface area contributed by atoms with E-state index in [0.717, 1.165) is 12.3 Å². The number of carbonyl (C=O) groups excluding carboxylic acids is 1. The highest BCUT2D eigenvalue weighted by molar-refractivity contribution is 6.30. The van der Waals surface area contributed by atoms with Crippen molar-refractivity contribution in [3.63, 3.8) is 0 Å². The van der Waals surface area contributed by atoms with Crippen LogP contribution in [0.4, 0.5) is 13.2 Å². The lowest BCUT2D eigenvalue weighted by Gasteiger charge is -2.68. The van der Waals surface area contributed by atoms with Gasteiger partial charge in [0.1, 0.15) is 11.2 Å². The summed E-state index contributed by atoms with van der Waals surface area (Å²) >= 11 is 5.91. The van der Waals surface area contributed by atoms with E-state index in [-0.39, 0.29) is 11.0 Å². The molecule has 1 N–H and O–H groups in total. The first-order valence-corrected chi connectivity index (χ1v) is 8.84. The van der Waals surface area contributed by atoms with Crippen LogP contribution in [-0.4, -0.2) is 26.4 Å². The molecule has 0 aliphatic heterocycles. The monoisotopic (exact) mass is 408 g/mol. The van der Waals surface area contributed by atoms with E-state index < -0.39 is 23.3 Å². The Hall–Kier alpha value is -2.68. The van der Waals surface area contributed by atoms with Gasteiger partial charge in [-0.3, -0.25) is 9.78 Å². The molecule has 28 heavy (non-hydrogen) atoms. The van der Waals surface area contributed by atoms with Crippen molar-refractivity contribution in [3.8, 4) is 0 Å². The smallest absolute Gasteiger partial charge is 0.422 e. The molecule has 3 aromatic rings. The van der Waals surface area contributed by atoms with Crippen LogP contribution in [0.3, 0.4) is 0 Å². The summed E-state index contributed by atoms with van der Waals surface area (Å²) < 4.78 is 44.1. The first kappa shape index (κ1) is 17.4. The van der Waals surface area contributed by atoms with E-state index in [2.05, 4.69) is 20.3 Å². The summed E-state index contributed by atoms with van der Waals surface area (Å²) in [5.74, 6) is 0.00359. The van der Waals surface area contributed by atoms with Crippen LogP contribution in [0.15, 0.2) is 35.0 Å². The zero-order valence-corrected chi connectivity index (χ0v) is 14.9. The highest BCUT2D eigenvalue weighted by Crippen LogP contribution is 2.67. The van der Waals surface area contributed by atoms with E-state index in [1.165, 1.54) is 12.3 Å². The van der Waals surface area contributed by atoms with Crippen molar-refractivity contribution in [1.29, 1.82) is 0 Å². The Labute approximate surface area is 161 Å². The number of halogens is 4. The SMILES string of the molecule is O=C(NC12CC(c3nc4cc(Cl)cnc4o3)(C1)C2)c1ccnc(C(F)(F)F)c1. The molecule has 6 nitrogen and oxygen atoms in total. The Balaban J connectivity index is 1.30. The average Bonchev–Trinajstić information content (AvgIpc) is 2.98. The molecule has 0 unspecified atom stereocenters. The Bertz CT molecular complexity index is 1110. The molecule has 10 heteroatoms. The summed E-state index contributed by atoms with van der Waals surface area (Å²) in [6.07, 6.45) is -0.290. The number of nitrogens with one attached hydrogen (secondary N) is 1. The fraction of sp³-hybridized carbons (Fsp3) is 0.333. The molecule has 3 fully saturated rings. The molecule has 3 aliphatic rings. The maximum Gasteiger partial charge on any atom is 0.433 e. The molecule has 0 spiro atoms. The number of amides is 1. The molecule has 144 valence electrons. The number of rotatable bonds is 3. The third kappa shape index (κ3) is 2.56. The van der Waals surface area contributed by atoms with Gasteiger partial charge in [-0.05, 0) is 37.5 Å². The second-order valence-corrected chi connectivity index (χ2v) is 7.91. The van der Waals surface area contributed by atoms with E-state index in [9.17, 15) is 18.0 Å². The van der Waals surface area contributed by atoms with Crippen molar-refractivity contribution < 1.29 is 22.4 Å². The minimum Gasteiger partial charge on any atom is -0.422 e. The number of fused-ring (bicyclic) bond motifs is 1. The summed E-state index contributed by atoms with van der Waals surface area (Å²) in [6, 6.07) is 3.69. The number of hydrogen-bond acceptors (Lipinski definition) is 5. The maximum absolute atomic E-state index is 12.8. The van der Waals surface area contributed by atoms with Crippen molar-refractivity contribution in [2.24, 2.45) is 0 Å². The standard InChI is InChI=1S/C18H12ClF3N4O2/c19-10-4-11-14(24-5-10)28-15(25-11)16-6-17(7-16,8-16)26-13(27)9-1-2-23-12(3-9)18(20,21)22/h1-5H,6-8H2,(H,26,27). The Morgan fingerprint density at radius 1 is 1.21 bits per heavy atom. The van der Waals surface area contributed by atoms with Crippen LogP contribution in [0.2, 0.25) is 5.02 Å². The highest BCUT2D eigenvalue weighted by Gasteiger charge is 2.71. The van der Waals surface area contributed by atoms with Gasteiger partial charge in [0.25, 0.3) is 5.91 Å². The van der Waals surface area contributed by atoms with Crippen molar-refractivity contribution in [1.82, 2.24) is 20.3 Å². The molecule has 0 aromatic carbocycles. The van der Waals surface area contributed by atoms with Gasteiger partial charge in [0.05, 0.1) is 10.4 Å². The predicted molar refractivity (Wildman–Crippen MR) is 91.8 cm³/mol. The number of nitrogens with zero attached hydrogens (tertiary/aromatic N) is 3. The summed E-state index contributed by atoms with van der Waals surface area (Å²) in [4.78, 5) is 24.2. The zero-order chi connectivity index (χ0) is 19.7. The van der Waals surface area contributed by atoms with Gasteiger partial charge < -0.3 is 9.73 Å². The molecule has 3 aliphatic carbocycles. The van der Waals surface area contributed by atoms with Gasteiger partial charge in [-0.1, -0.05) is 11.6 Å². The van der Waals surface area contributed by atoms with Gasteiger partial charge in [0.2, 0.25) is 11.6 Å². The number of pyridine rings is 2. The predicted octanol–water partition coefficient (Wildman–Crippen LogP) is 3.89. The van der Waals surface area contributed by atoms with Crippen LogP contribution in [0, 0.1) is 0 Å². The minimum absolute atomic E-state index is 0.0678. The lowest BCUT2D eigenvalue weighted by molar-refractivity contribution is -0.141. The van der Waals surface area contributed by atoms with Gasteiger partial charge in [0, 0.05) is 23.5 Å². The summed E-state index contributed by atoms with van der Waals surface area (Å²) in [6.45, 7) is 0. The van der Waals surface area contributed by atoms with Crippen LogP contribution < -0.4 is 5.32 Å². The minimum atomic E-state index is -4.60. The Kier molecular flexibility index (Phi) is 3.38. The molecule has 1 amide bonds. The first-order chi connectivity index (χ1) is 13.2. The molecule has 0 atom stereocenters. The van der Waals surface area contributed by atoms with Gasteiger partial charge in [0.15, 0.2) is 0 Å². The molecule has 0 saturated heterocycles. The van der Waals surface area contributed by atoms with Crippen LogP contribution in [0.25, 0.3) is 11.2 Å². The van der Waals surface area contributed by atoms with Crippen molar-refractivity contribution in [2.75, 3.05) is 0 Å². The third-order valence-corrected chi connectivity index (χ3v) is 5.60. The Morgan fingerprint density at radius 2 is 1.96 bits per heavy atom. The average molecular weight is 409 g/mol. The third-order valence-electron chi connectivity index (χ3n) is 5.39. The lowest BCUT2D eigenvalue weighted by atomic mass is 9.39. The molecule has 3 saturated carbocycles. The van der Waals surface area contributed by atoms with E-state index in [1.54, 1.807) is 6.07 Å². The number of aromatic nitrogens is 3. The van der Waals surface area contributed by atoms with Gasteiger partial charge in [-0.25, -0.2) is 9.97 Å². The fourth-order valence-electron chi connectivity index (χ4n) is 4.21. The number of hydrogen-bond donors (Lipinski definition) is 1. The van der Waals surface area contributed by atoms with E-state index in [1.807, 2.05) is 0 Å². The zero-order valence-electron chi connectivity index (χ0n) is 14.2. The van der Waals surface area contributed by atoms with Gasteiger partial charge in [-0.15, -0.1) is 0 Å². The normalized spacial score (nSPS) is 25.9. The summed E-state index contributed by atoms with van der Waals surface area (Å²) in [5, 5.41) is 3.31. The first-order valence-electron chi connectivity index (χ1n) is 8.47. The number of carbonyl (C=O) groups is 1. The summed E-state index contributed by atoms with van der Waals surface area (Å²) in [7, 11) is 0. The van der Waals surface area contributed by atoms with Crippen molar-refractivity contribution in [3.05, 3.63) is 52.8 Å². The van der Waals surface area contributed by atoms with Crippen LogP contribution in [0.1, 0.15) is 41.2 Å². The number of oxazole rings is 1. The van der Waals surface area contributed by atoms with Crippen molar-refractivity contribution >= 4 is 28.7 Å². The molecular formula is C18H12ClF3N4O2.